The fraction of sp³-hybridized carbons (Fsp3) is 0.318. The second kappa shape index (κ2) is 11.4. The molecule has 3 aromatic rings. The molecule has 0 aliphatic rings. The average Bonchev–Trinajstić information content (AvgIpc) is 3.18. The number of carbonyl (C=O) groups is 1. The van der Waals surface area contributed by atoms with E-state index in [4.69, 9.17) is 23.2 Å². The van der Waals surface area contributed by atoms with E-state index in [1.807, 2.05) is 47.0 Å². The van der Waals surface area contributed by atoms with E-state index in [9.17, 15) is 4.79 Å². The summed E-state index contributed by atoms with van der Waals surface area (Å²) in [6.45, 7) is 2.85. The lowest BCUT2D eigenvalue weighted by Gasteiger charge is -2.11. The molecular formula is C22H24Cl2N4OS. The number of halogens is 2. The van der Waals surface area contributed by atoms with Crippen LogP contribution in [0, 0.1) is 0 Å². The van der Waals surface area contributed by atoms with Gasteiger partial charge >= 0.3 is 0 Å². The summed E-state index contributed by atoms with van der Waals surface area (Å²) in [7, 11) is 0. The molecule has 158 valence electrons. The van der Waals surface area contributed by atoms with Crippen LogP contribution in [-0.2, 0) is 4.79 Å². The van der Waals surface area contributed by atoms with Crippen molar-refractivity contribution in [2.45, 2.75) is 37.8 Å². The number of amides is 1. The zero-order valence-electron chi connectivity index (χ0n) is 16.8. The predicted molar refractivity (Wildman–Crippen MR) is 125 cm³/mol. The van der Waals surface area contributed by atoms with Gasteiger partial charge in [0.2, 0.25) is 5.91 Å². The molecule has 0 aliphatic carbocycles. The Morgan fingerprint density at radius 2 is 1.87 bits per heavy atom. The fourth-order valence-electron chi connectivity index (χ4n) is 2.88. The Hall–Kier alpha value is -2.02. The van der Waals surface area contributed by atoms with Gasteiger partial charge in [0.25, 0.3) is 0 Å². The minimum atomic E-state index is 0.0972. The zero-order chi connectivity index (χ0) is 21.3. The first kappa shape index (κ1) is 22.7. The van der Waals surface area contributed by atoms with Gasteiger partial charge in [0.1, 0.15) is 0 Å². The average molecular weight is 463 g/mol. The summed E-state index contributed by atoms with van der Waals surface area (Å²) in [4.78, 5) is 11.9. The fourth-order valence-corrected chi connectivity index (χ4v) is 4.07. The molecule has 8 heteroatoms. The van der Waals surface area contributed by atoms with Gasteiger partial charge in [-0.15, -0.1) is 10.2 Å². The molecule has 0 bridgehead atoms. The van der Waals surface area contributed by atoms with Crippen molar-refractivity contribution < 1.29 is 4.79 Å². The third-order valence-corrected chi connectivity index (χ3v) is 6.21. The van der Waals surface area contributed by atoms with Crippen molar-refractivity contribution in [1.82, 2.24) is 20.1 Å². The number of hydrogen-bond donors (Lipinski definition) is 1. The number of thioether (sulfide) groups is 1. The van der Waals surface area contributed by atoms with Gasteiger partial charge in [-0.25, -0.2) is 0 Å². The van der Waals surface area contributed by atoms with Crippen molar-refractivity contribution in [3.05, 3.63) is 58.6 Å². The Bertz CT molecular complexity index is 979. The molecule has 0 atom stereocenters. The van der Waals surface area contributed by atoms with Crippen molar-refractivity contribution in [1.29, 1.82) is 0 Å². The third-order valence-electron chi connectivity index (χ3n) is 4.46. The molecule has 3 rings (SSSR count). The van der Waals surface area contributed by atoms with E-state index in [1.54, 1.807) is 17.8 Å². The molecule has 1 aromatic heterocycles. The molecular weight excluding hydrogens is 439 g/mol. The number of aromatic nitrogens is 3. The van der Waals surface area contributed by atoms with E-state index in [-0.39, 0.29) is 5.91 Å². The zero-order valence-corrected chi connectivity index (χ0v) is 19.1. The van der Waals surface area contributed by atoms with Gasteiger partial charge in [0.15, 0.2) is 11.0 Å². The minimum Gasteiger partial charge on any atom is -0.356 e. The van der Waals surface area contributed by atoms with Crippen LogP contribution in [0.2, 0.25) is 10.0 Å². The van der Waals surface area contributed by atoms with Gasteiger partial charge in [-0.1, -0.05) is 78.6 Å². The highest BCUT2D eigenvalue weighted by Crippen LogP contribution is 2.31. The van der Waals surface area contributed by atoms with Crippen LogP contribution in [0.25, 0.3) is 17.1 Å². The highest BCUT2D eigenvalue weighted by Gasteiger charge is 2.17. The molecule has 0 saturated heterocycles. The minimum absolute atomic E-state index is 0.0972. The first-order chi connectivity index (χ1) is 14.6. The lowest BCUT2D eigenvalue weighted by molar-refractivity contribution is -0.121. The molecule has 0 unspecified atom stereocenters. The number of nitrogens with one attached hydrogen (secondary N) is 1. The first-order valence-corrected chi connectivity index (χ1v) is 11.7. The lowest BCUT2D eigenvalue weighted by Crippen LogP contribution is -2.24. The molecule has 1 N–H and O–H groups in total. The van der Waals surface area contributed by atoms with Crippen LogP contribution in [0.1, 0.15) is 32.6 Å². The van der Waals surface area contributed by atoms with Gasteiger partial charge in [-0.3, -0.25) is 9.36 Å². The maximum absolute atomic E-state index is 11.9. The number of hydrogen-bond acceptors (Lipinski definition) is 4. The Morgan fingerprint density at radius 3 is 2.60 bits per heavy atom. The molecule has 0 saturated carbocycles. The summed E-state index contributed by atoms with van der Waals surface area (Å²) < 4.78 is 1.98. The lowest BCUT2D eigenvalue weighted by atomic mass is 10.2. The van der Waals surface area contributed by atoms with E-state index in [0.717, 1.165) is 53.8 Å². The summed E-state index contributed by atoms with van der Waals surface area (Å²) >= 11 is 13.9. The van der Waals surface area contributed by atoms with Crippen LogP contribution in [-0.4, -0.2) is 33.0 Å². The maximum atomic E-state index is 11.9. The van der Waals surface area contributed by atoms with E-state index in [0.29, 0.717) is 16.5 Å². The predicted octanol–water partition coefficient (Wildman–Crippen LogP) is 6.03. The highest BCUT2D eigenvalue weighted by molar-refractivity contribution is 7.99. The number of unbranched alkanes of at least 4 members (excludes halogenated alkanes) is 1. The Kier molecular flexibility index (Phi) is 8.61. The summed E-state index contributed by atoms with van der Waals surface area (Å²) in [6, 6.07) is 15.4. The quantitative estimate of drug-likeness (QED) is 0.295. The molecule has 30 heavy (non-hydrogen) atoms. The summed E-state index contributed by atoms with van der Waals surface area (Å²) in [5.74, 6) is 1.59. The summed E-state index contributed by atoms with van der Waals surface area (Å²) in [5.41, 5.74) is 1.80. The topological polar surface area (TPSA) is 59.8 Å². The molecule has 1 amide bonds. The monoisotopic (exact) mass is 462 g/mol. The highest BCUT2D eigenvalue weighted by atomic mass is 35.5. The van der Waals surface area contributed by atoms with Crippen LogP contribution in [0.5, 0.6) is 0 Å². The second-order valence-corrected chi connectivity index (χ2v) is 8.64. The maximum Gasteiger partial charge on any atom is 0.220 e. The molecule has 0 spiro atoms. The molecule has 1 heterocycles. The van der Waals surface area contributed by atoms with Crippen LogP contribution >= 0.6 is 35.0 Å². The van der Waals surface area contributed by atoms with Crippen LogP contribution in [0.4, 0.5) is 0 Å². The van der Waals surface area contributed by atoms with Gasteiger partial charge in [-0.2, -0.15) is 0 Å². The van der Waals surface area contributed by atoms with Gasteiger partial charge in [0.05, 0.1) is 15.7 Å². The normalized spacial score (nSPS) is 10.9. The number of benzene rings is 2. The second-order valence-electron chi connectivity index (χ2n) is 6.76. The standard InChI is InChI=1S/C22H24Cl2N4OS/c1-2-3-13-25-20(29)10-7-14-30-22-27-26-21(16-8-5-4-6-9-16)28(22)17-11-12-18(23)19(24)15-17/h4-6,8-9,11-12,15H,2-3,7,10,13-14H2,1H3,(H,25,29). The Labute approximate surface area is 191 Å². The van der Waals surface area contributed by atoms with Gasteiger partial charge in [-0.05, 0) is 31.0 Å². The molecule has 0 radical (unpaired) electrons. The number of nitrogens with zero attached hydrogens (tertiary/aromatic N) is 3. The van der Waals surface area contributed by atoms with E-state index in [1.165, 1.54) is 0 Å². The number of rotatable bonds is 10. The van der Waals surface area contributed by atoms with E-state index < -0.39 is 0 Å². The summed E-state index contributed by atoms with van der Waals surface area (Å²) in [6.07, 6.45) is 3.35. The first-order valence-electron chi connectivity index (χ1n) is 9.96. The van der Waals surface area contributed by atoms with Crippen molar-refractivity contribution >= 4 is 40.9 Å². The van der Waals surface area contributed by atoms with Crippen molar-refractivity contribution in [3.8, 4) is 17.1 Å². The Balaban J connectivity index is 1.75. The van der Waals surface area contributed by atoms with Gasteiger partial charge in [0, 0.05) is 24.3 Å². The summed E-state index contributed by atoms with van der Waals surface area (Å²) in [5, 5.41) is 13.5. The van der Waals surface area contributed by atoms with E-state index in [2.05, 4.69) is 22.4 Å². The van der Waals surface area contributed by atoms with Crippen LogP contribution in [0.15, 0.2) is 53.7 Å². The third kappa shape index (κ3) is 6.00. The largest absolute Gasteiger partial charge is 0.356 e. The molecule has 5 nitrogen and oxygen atoms in total. The molecule has 0 aliphatic heterocycles. The van der Waals surface area contributed by atoms with Crippen LogP contribution < -0.4 is 5.32 Å². The smallest absolute Gasteiger partial charge is 0.220 e. The van der Waals surface area contributed by atoms with Gasteiger partial charge < -0.3 is 5.32 Å². The van der Waals surface area contributed by atoms with Crippen molar-refractivity contribution in [2.24, 2.45) is 0 Å². The van der Waals surface area contributed by atoms with Crippen molar-refractivity contribution in [2.75, 3.05) is 12.3 Å². The molecule has 2 aromatic carbocycles. The Morgan fingerprint density at radius 1 is 1.07 bits per heavy atom. The SMILES string of the molecule is CCCCNC(=O)CCCSc1nnc(-c2ccccc2)n1-c1ccc(Cl)c(Cl)c1. The van der Waals surface area contributed by atoms with E-state index >= 15 is 0 Å². The van der Waals surface area contributed by atoms with Crippen molar-refractivity contribution in [3.63, 3.8) is 0 Å². The van der Waals surface area contributed by atoms with Crippen LogP contribution in [0.3, 0.4) is 0 Å². The number of carbonyl (C=O) groups excluding carboxylic acids is 1. The molecule has 0 fully saturated rings.